The molecule has 88 valence electrons. The van der Waals surface area contributed by atoms with Crippen LogP contribution in [0.2, 0.25) is 0 Å². The van der Waals surface area contributed by atoms with Gasteiger partial charge in [-0.25, -0.2) is 0 Å². The van der Waals surface area contributed by atoms with E-state index in [0.29, 0.717) is 5.69 Å². The van der Waals surface area contributed by atoms with Gasteiger partial charge in [0.2, 0.25) is 0 Å². The molecule has 0 radical (unpaired) electrons. The second-order valence-corrected chi connectivity index (χ2v) is 4.66. The van der Waals surface area contributed by atoms with Crippen molar-refractivity contribution in [2.45, 2.75) is 39.0 Å². The zero-order valence-corrected chi connectivity index (χ0v) is 9.99. The van der Waals surface area contributed by atoms with Gasteiger partial charge in [-0.3, -0.25) is 10.1 Å². The van der Waals surface area contributed by atoms with E-state index in [-0.39, 0.29) is 16.0 Å². The quantitative estimate of drug-likeness (QED) is 0.483. The number of nitrogens with two attached hydrogens (primary N) is 1. The lowest BCUT2D eigenvalue weighted by molar-refractivity contribution is -0.384. The Bertz CT molecular complexity index is 400. The topological polar surface area (TPSA) is 69.2 Å². The van der Waals surface area contributed by atoms with E-state index >= 15 is 0 Å². The molecule has 16 heavy (non-hydrogen) atoms. The van der Waals surface area contributed by atoms with Crippen LogP contribution in [-0.2, 0) is 5.41 Å². The predicted molar refractivity (Wildman–Crippen MR) is 65.4 cm³/mol. The summed E-state index contributed by atoms with van der Waals surface area (Å²) >= 11 is 0. The third-order valence-corrected chi connectivity index (χ3v) is 2.85. The van der Waals surface area contributed by atoms with Gasteiger partial charge in [0.1, 0.15) is 0 Å². The average molecular weight is 222 g/mol. The maximum atomic E-state index is 10.7. The van der Waals surface area contributed by atoms with Gasteiger partial charge >= 0.3 is 0 Å². The van der Waals surface area contributed by atoms with E-state index in [2.05, 4.69) is 20.8 Å². The van der Waals surface area contributed by atoms with E-state index in [9.17, 15) is 10.1 Å². The smallest absolute Gasteiger partial charge is 0.269 e. The number of anilines is 1. The summed E-state index contributed by atoms with van der Waals surface area (Å²) in [5.41, 5.74) is 7.36. The molecule has 0 aliphatic rings. The summed E-state index contributed by atoms with van der Waals surface area (Å²) in [5.74, 6) is 0. The van der Waals surface area contributed by atoms with Crippen molar-refractivity contribution in [1.29, 1.82) is 0 Å². The van der Waals surface area contributed by atoms with Crippen LogP contribution in [0.1, 0.15) is 39.2 Å². The van der Waals surface area contributed by atoms with Crippen molar-refractivity contribution in [1.82, 2.24) is 0 Å². The fourth-order valence-corrected chi connectivity index (χ4v) is 2.00. The molecule has 2 N–H and O–H groups in total. The molecule has 1 aromatic carbocycles. The zero-order chi connectivity index (χ0) is 12.3. The van der Waals surface area contributed by atoms with Crippen molar-refractivity contribution in [3.8, 4) is 0 Å². The van der Waals surface area contributed by atoms with Crippen LogP contribution in [0.3, 0.4) is 0 Å². The minimum atomic E-state index is -0.384. The first kappa shape index (κ1) is 12.5. The summed E-state index contributed by atoms with van der Waals surface area (Å²) in [6, 6.07) is 4.65. The number of hydrogen-bond acceptors (Lipinski definition) is 3. The molecule has 0 atom stereocenters. The van der Waals surface area contributed by atoms with E-state index < -0.39 is 0 Å². The predicted octanol–water partition coefficient (Wildman–Crippen LogP) is 3.25. The van der Waals surface area contributed by atoms with Crippen LogP contribution in [0.4, 0.5) is 11.4 Å². The van der Waals surface area contributed by atoms with Crippen LogP contribution in [0.25, 0.3) is 0 Å². The Balaban J connectivity index is 3.21. The highest BCUT2D eigenvalue weighted by Gasteiger charge is 2.24. The molecular formula is C12H18N2O2. The molecular weight excluding hydrogens is 204 g/mol. The minimum absolute atomic E-state index is 0.105. The van der Waals surface area contributed by atoms with Crippen molar-refractivity contribution in [2.24, 2.45) is 0 Å². The van der Waals surface area contributed by atoms with Gasteiger partial charge < -0.3 is 5.73 Å². The van der Waals surface area contributed by atoms with Gasteiger partial charge in [0.05, 0.1) is 4.92 Å². The zero-order valence-electron chi connectivity index (χ0n) is 9.99. The molecule has 4 nitrogen and oxygen atoms in total. The Kier molecular flexibility index (Phi) is 3.52. The molecule has 0 bridgehead atoms. The van der Waals surface area contributed by atoms with Gasteiger partial charge in [0.25, 0.3) is 5.69 Å². The molecule has 0 saturated carbocycles. The average Bonchev–Trinajstić information content (AvgIpc) is 2.17. The van der Waals surface area contributed by atoms with Crippen LogP contribution in [0, 0.1) is 10.1 Å². The molecule has 0 aromatic heterocycles. The van der Waals surface area contributed by atoms with E-state index in [0.717, 1.165) is 18.4 Å². The lowest BCUT2D eigenvalue weighted by Gasteiger charge is -2.25. The number of nitro groups is 1. The maximum Gasteiger partial charge on any atom is 0.269 e. The highest BCUT2D eigenvalue weighted by Crippen LogP contribution is 2.34. The van der Waals surface area contributed by atoms with Crippen molar-refractivity contribution >= 4 is 11.4 Å². The number of hydrogen-bond donors (Lipinski definition) is 1. The van der Waals surface area contributed by atoms with Gasteiger partial charge in [-0.1, -0.05) is 27.2 Å². The lowest BCUT2D eigenvalue weighted by atomic mass is 9.79. The van der Waals surface area contributed by atoms with Gasteiger partial charge in [-0.15, -0.1) is 0 Å². The summed E-state index contributed by atoms with van der Waals surface area (Å²) in [6.07, 6.45) is 1.98. The van der Waals surface area contributed by atoms with Gasteiger partial charge in [0.15, 0.2) is 0 Å². The third kappa shape index (κ3) is 2.51. The van der Waals surface area contributed by atoms with Crippen LogP contribution in [0.5, 0.6) is 0 Å². The number of rotatable bonds is 4. The largest absolute Gasteiger partial charge is 0.398 e. The molecule has 0 spiro atoms. The Morgan fingerprint density at radius 1 is 1.44 bits per heavy atom. The first-order valence-corrected chi connectivity index (χ1v) is 5.43. The molecule has 0 saturated heterocycles. The maximum absolute atomic E-state index is 10.7. The molecule has 0 heterocycles. The van der Waals surface area contributed by atoms with Crippen molar-refractivity contribution in [3.63, 3.8) is 0 Å². The van der Waals surface area contributed by atoms with Gasteiger partial charge in [-0.05, 0) is 23.5 Å². The number of benzene rings is 1. The van der Waals surface area contributed by atoms with Gasteiger partial charge in [0, 0.05) is 17.8 Å². The van der Waals surface area contributed by atoms with E-state index in [4.69, 9.17) is 5.73 Å². The number of nitrogen functional groups attached to an aromatic ring is 1. The monoisotopic (exact) mass is 222 g/mol. The summed E-state index contributed by atoms with van der Waals surface area (Å²) in [6.45, 7) is 6.22. The highest BCUT2D eigenvalue weighted by atomic mass is 16.6. The summed E-state index contributed by atoms with van der Waals surface area (Å²) in [5, 5.41) is 10.7. The standard InChI is InChI=1S/C12H18N2O2/c1-4-7-12(2,3)10-8-9(14(15)16)5-6-11(10)13/h5-6,8H,4,7,13H2,1-3H3. The minimum Gasteiger partial charge on any atom is -0.398 e. The van der Waals surface area contributed by atoms with Crippen molar-refractivity contribution < 1.29 is 4.92 Å². The highest BCUT2D eigenvalue weighted by molar-refractivity contribution is 5.55. The Morgan fingerprint density at radius 3 is 2.56 bits per heavy atom. The van der Waals surface area contributed by atoms with Crippen LogP contribution >= 0.6 is 0 Å². The molecule has 0 aliphatic heterocycles. The molecule has 0 amide bonds. The Hall–Kier alpha value is -1.58. The lowest BCUT2D eigenvalue weighted by Crippen LogP contribution is -2.18. The van der Waals surface area contributed by atoms with E-state index in [1.807, 2.05) is 0 Å². The molecule has 0 unspecified atom stereocenters. The van der Waals surface area contributed by atoms with Crippen molar-refractivity contribution in [2.75, 3.05) is 5.73 Å². The second-order valence-electron chi connectivity index (χ2n) is 4.66. The molecule has 4 heteroatoms. The summed E-state index contributed by atoms with van der Waals surface area (Å²) in [7, 11) is 0. The molecule has 1 aromatic rings. The fraction of sp³-hybridized carbons (Fsp3) is 0.500. The molecule has 1 rings (SSSR count). The summed E-state index contributed by atoms with van der Waals surface area (Å²) in [4.78, 5) is 10.3. The molecule has 0 aliphatic carbocycles. The fourth-order valence-electron chi connectivity index (χ4n) is 2.00. The normalized spacial score (nSPS) is 11.4. The Morgan fingerprint density at radius 2 is 2.06 bits per heavy atom. The van der Waals surface area contributed by atoms with Crippen LogP contribution in [0.15, 0.2) is 18.2 Å². The first-order chi connectivity index (χ1) is 7.38. The number of non-ortho nitro benzene ring substituents is 1. The van der Waals surface area contributed by atoms with E-state index in [1.54, 1.807) is 12.1 Å². The van der Waals surface area contributed by atoms with Crippen LogP contribution in [-0.4, -0.2) is 4.92 Å². The third-order valence-electron chi connectivity index (χ3n) is 2.85. The van der Waals surface area contributed by atoms with Crippen LogP contribution < -0.4 is 5.73 Å². The first-order valence-electron chi connectivity index (χ1n) is 5.43. The van der Waals surface area contributed by atoms with E-state index in [1.165, 1.54) is 6.07 Å². The number of nitro benzene ring substituents is 1. The Labute approximate surface area is 95.6 Å². The summed E-state index contributed by atoms with van der Waals surface area (Å²) < 4.78 is 0. The molecule has 0 fully saturated rings. The van der Waals surface area contributed by atoms with Crippen molar-refractivity contribution in [3.05, 3.63) is 33.9 Å². The second kappa shape index (κ2) is 4.51. The number of nitrogens with zero attached hydrogens (tertiary/aromatic N) is 1. The van der Waals surface area contributed by atoms with Gasteiger partial charge in [-0.2, -0.15) is 0 Å². The SMILES string of the molecule is CCCC(C)(C)c1cc([N+](=O)[O-])ccc1N.